The molecule has 1 aromatic carbocycles. The third-order valence-corrected chi connectivity index (χ3v) is 5.70. The van der Waals surface area contributed by atoms with Gasteiger partial charge in [0.2, 0.25) is 5.91 Å². The number of benzene rings is 1. The molecule has 1 unspecified atom stereocenters. The Morgan fingerprint density at radius 2 is 2.04 bits per heavy atom. The molecule has 0 radical (unpaired) electrons. The lowest BCUT2D eigenvalue weighted by molar-refractivity contribution is -0.134. The lowest BCUT2D eigenvalue weighted by Gasteiger charge is -2.28. The first kappa shape index (κ1) is 19.1. The highest BCUT2D eigenvalue weighted by molar-refractivity contribution is 6.02. The Bertz CT molecular complexity index is 724. The van der Waals surface area contributed by atoms with Crippen LogP contribution >= 0.6 is 0 Å². The van der Waals surface area contributed by atoms with Crippen molar-refractivity contribution in [3.05, 3.63) is 23.8 Å². The molecule has 1 saturated carbocycles. The lowest BCUT2D eigenvalue weighted by Crippen LogP contribution is -2.47. The molecule has 1 aliphatic carbocycles. The lowest BCUT2D eigenvalue weighted by atomic mass is 10.0. The van der Waals surface area contributed by atoms with Crippen LogP contribution in [-0.2, 0) is 9.63 Å². The van der Waals surface area contributed by atoms with Crippen molar-refractivity contribution in [2.75, 3.05) is 33.3 Å². The number of hydrogen-bond donors (Lipinski definition) is 1. The number of piperazine rings is 1. The number of hydrogen-bond acceptors (Lipinski definition) is 6. The van der Waals surface area contributed by atoms with Crippen molar-refractivity contribution in [2.45, 2.75) is 50.7 Å². The topological polar surface area (TPSA) is 72.4 Å². The summed E-state index contributed by atoms with van der Waals surface area (Å²) in [6.45, 7) is 3.24. The van der Waals surface area contributed by atoms with Crippen LogP contribution in [-0.4, -0.2) is 62.0 Å². The van der Waals surface area contributed by atoms with Crippen molar-refractivity contribution in [3.8, 4) is 11.5 Å². The van der Waals surface area contributed by atoms with Gasteiger partial charge >= 0.3 is 0 Å². The van der Waals surface area contributed by atoms with Gasteiger partial charge in [-0.15, -0.1) is 0 Å². The van der Waals surface area contributed by atoms with Gasteiger partial charge in [-0.05, 0) is 43.9 Å². The number of methoxy groups -OCH3 is 1. The van der Waals surface area contributed by atoms with Crippen molar-refractivity contribution in [2.24, 2.45) is 5.16 Å². The summed E-state index contributed by atoms with van der Waals surface area (Å²) in [5.74, 6) is 1.64. The van der Waals surface area contributed by atoms with Crippen LogP contribution in [0.5, 0.6) is 11.5 Å². The van der Waals surface area contributed by atoms with E-state index in [9.17, 15) is 4.79 Å². The second kappa shape index (κ2) is 8.82. The molecular formula is C21H29N3O4. The summed E-state index contributed by atoms with van der Waals surface area (Å²) in [5, 5.41) is 7.51. The first-order chi connectivity index (χ1) is 13.7. The molecule has 1 aromatic rings. The SMILES string of the molecule is COc1ccc(C2=NOC(CC(=O)N3CCNCC3)C2)cc1OC1CCCC1. The van der Waals surface area contributed by atoms with E-state index in [0.29, 0.717) is 12.8 Å². The molecule has 4 rings (SSSR count). The Labute approximate surface area is 166 Å². The Balaban J connectivity index is 1.38. The third-order valence-electron chi connectivity index (χ3n) is 5.70. The first-order valence-corrected chi connectivity index (χ1v) is 10.3. The number of ether oxygens (including phenoxy) is 2. The van der Waals surface area contributed by atoms with Gasteiger partial charge in [-0.2, -0.15) is 0 Å². The number of nitrogens with one attached hydrogen (secondary N) is 1. The molecule has 2 aliphatic heterocycles. The van der Waals surface area contributed by atoms with E-state index in [1.165, 1.54) is 12.8 Å². The van der Waals surface area contributed by atoms with E-state index in [4.69, 9.17) is 14.3 Å². The smallest absolute Gasteiger partial charge is 0.226 e. The van der Waals surface area contributed by atoms with Gasteiger partial charge in [-0.1, -0.05) is 5.16 Å². The summed E-state index contributed by atoms with van der Waals surface area (Å²) in [6.07, 6.45) is 5.68. The molecule has 0 spiro atoms. The molecule has 7 nitrogen and oxygen atoms in total. The highest BCUT2D eigenvalue weighted by Gasteiger charge is 2.28. The Morgan fingerprint density at radius 1 is 1.25 bits per heavy atom. The van der Waals surface area contributed by atoms with E-state index >= 15 is 0 Å². The molecule has 3 aliphatic rings. The van der Waals surface area contributed by atoms with Crippen molar-refractivity contribution in [3.63, 3.8) is 0 Å². The van der Waals surface area contributed by atoms with Crippen molar-refractivity contribution < 1.29 is 19.1 Å². The predicted molar refractivity (Wildman–Crippen MR) is 106 cm³/mol. The van der Waals surface area contributed by atoms with Crippen molar-refractivity contribution in [1.82, 2.24) is 10.2 Å². The summed E-state index contributed by atoms with van der Waals surface area (Å²) >= 11 is 0. The second-order valence-corrected chi connectivity index (χ2v) is 7.69. The molecule has 0 bridgehead atoms. The molecule has 28 heavy (non-hydrogen) atoms. The van der Waals surface area contributed by atoms with Crippen LogP contribution < -0.4 is 14.8 Å². The molecule has 1 N–H and O–H groups in total. The summed E-state index contributed by atoms with van der Waals surface area (Å²) in [7, 11) is 1.66. The molecule has 1 saturated heterocycles. The maximum atomic E-state index is 12.5. The van der Waals surface area contributed by atoms with Crippen LogP contribution in [0, 0.1) is 0 Å². The summed E-state index contributed by atoms with van der Waals surface area (Å²) in [4.78, 5) is 19.9. The minimum atomic E-state index is -0.196. The number of amides is 1. The molecule has 1 atom stereocenters. The summed E-state index contributed by atoms with van der Waals surface area (Å²) in [6, 6.07) is 5.88. The zero-order valence-corrected chi connectivity index (χ0v) is 16.5. The Morgan fingerprint density at radius 3 is 2.79 bits per heavy atom. The highest BCUT2D eigenvalue weighted by atomic mass is 16.6. The summed E-state index contributed by atoms with van der Waals surface area (Å²) < 4.78 is 11.6. The van der Waals surface area contributed by atoms with E-state index in [1.54, 1.807) is 7.11 Å². The van der Waals surface area contributed by atoms with Gasteiger partial charge in [0.25, 0.3) is 0 Å². The van der Waals surface area contributed by atoms with Gasteiger partial charge in [0.15, 0.2) is 11.5 Å². The van der Waals surface area contributed by atoms with Crippen LogP contribution in [0.2, 0.25) is 0 Å². The average Bonchev–Trinajstić information content (AvgIpc) is 3.41. The zero-order valence-electron chi connectivity index (χ0n) is 16.5. The van der Waals surface area contributed by atoms with E-state index in [2.05, 4.69) is 10.5 Å². The van der Waals surface area contributed by atoms with Crippen LogP contribution in [0.4, 0.5) is 0 Å². The summed E-state index contributed by atoms with van der Waals surface area (Å²) in [5.41, 5.74) is 1.82. The molecule has 7 heteroatoms. The molecule has 152 valence electrons. The number of rotatable bonds is 6. The molecule has 1 amide bonds. The number of nitrogens with zero attached hydrogens (tertiary/aromatic N) is 2. The number of oxime groups is 1. The van der Waals surface area contributed by atoms with E-state index in [-0.39, 0.29) is 18.1 Å². The monoisotopic (exact) mass is 387 g/mol. The largest absolute Gasteiger partial charge is 0.493 e. The van der Waals surface area contributed by atoms with Crippen molar-refractivity contribution in [1.29, 1.82) is 0 Å². The molecule has 0 aromatic heterocycles. The number of carbonyl (C=O) groups is 1. The minimum absolute atomic E-state index is 0.142. The van der Waals surface area contributed by atoms with Crippen LogP contribution in [0.25, 0.3) is 0 Å². The number of carbonyl (C=O) groups excluding carboxylic acids is 1. The maximum absolute atomic E-state index is 12.5. The fourth-order valence-electron chi connectivity index (χ4n) is 4.08. The maximum Gasteiger partial charge on any atom is 0.226 e. The van der Waals surface area contributed by atoms with Gasteiger partial charge in [-0.25, -0.2) is 0 Å². The minimum Gasteiger partial charge on any atom is -0.493 e. The standard InChI is InChI=1S/C21H29N3O4/c1-26-19-7-6-15(12-20(19)27-16-4-2-3-5-16)18-13-17(28-23-18)14-21(25)24-10-8-22-9-11-24/h6-7,12,16-17,22H,2-5,8-11,13-14H2,1H3. The average molecular weight is 387 g/mol. The van der Waals surface area contributed by atoms with Crippen molar-refractivity contribution >= 4 is 11.6 Å². The van der Waals surface area contributed by atoms with E-state index < -0.39 is 0 Å². The highest BCUT2D eigenvalue weighted by Crippen LogP contribution is 2.33. The van der Waals surface area contributed by atoms with Gasteiger partial charge < -0.3 is 24.5 Å². The molecule has 2 fully saturated rings. The Kier molecular flexibility index (Phi) is 6.00. The van der Waals surface area contributed by atoms with E-state index in [1.807, 2.05) is 23.1 Å². The van der Waals surface area contributed by atoms with Gasteiger partial charge in [0.05, 0.1) is 25.3 Å². The molecule has 2 heterocycles. The van der Waals surface area contributed by atoms with Crippen LogP contribution in [0.1, 0.15) is 44.1 Å². The zero-order chi connectivity index (χ0) is 19.3. The van der Waals surface area contributed by atoms with E-state index in [0.717, 1.165) is 61.8 Å². The fourth-order valence-corrected chi connectivity index (χ4v) is 4.08. The van der Waals surface area contributed by atoms with Gasteiger partial charge in [0.1, 0.15) is 6.10 Å². The fraction of sp³-hybridized carbons (Fsp3) is 0.619. The normalized spacial score (nSPS) is 22.7. The molecular weight excluding hydrogens is 358 g/mol. The predicted octanol–water partition coefficient (Wildman–Crippen LogP) is 2.33. The second-order valence-electron chi connectivity index (χ2n) is 7.69. The van der Waals surface area contributed by atoms with Gasteiger partial charge in [-0.3, -0.25) is 4.79 Å². The van der Waals surface area contributed by atoms with Gasteiger partial charge in [0, 0.05) is 38.2 Å². The van der Waals surface area contributed by atoms with Crippen LogP contribution in [0.3, 0.4) is 0 Å². The quantitative estimate of drug-likeness (QED) is 0.811. The Hall–Kier alpha value is -2.28. The van der Waals surface area contributed by atoms with Crippen LogP contribution in [0.15, 0.2) is 23.4 Å². The first-order valence-electron chi connectivity index (χ1n) is 10.3. The third kappa shape index (κ3) is 4.41.